The molecule has 0 saturated heterocycles. The maximum absolute atomic E-state index is 4.11. The van der Waals surface area contributed by atoms with E-state index in [-0.39, 0.29) is 0 Å². The Labute approximate surface area is 85.7 Å². The number of halogens is 2. The van der Waals surface area contributed by atoms with Gasteiger partial charge in [-0.1, -0.05) is 0 Å². The van der Waals surface area contributed by atoms with E-state index < -0.39 is 0 Å². The Morgan fingerprint density at radius 2 is 2.27 bits per heavy atom. The lowest BCUT2D eigenvalue weighted by molar-refractivity contribution is 1.30. The van der Waals surface area contributed by atoms with Gasteiger partial charge in [0.25, 0.3) is 0 Å². The molecule has 2 aromatic heterocycles. The van der Waals surface area contributed by atoms with Crippen LogP contribution in [0.5, 0.6) is 0 Å². The third kappa shape index (κ3) is 1.41. The van der Waals surface area contributed by atoms with Crippen LogP contribution in [-0.2, 0) is 0 Å². The first-order valence-electron chi connectivity index (χ1n) is 3.05. The molecule has 4 heteroatoms. The molecule has 2 aromatic rings. The molecule has 0 aromatic carbocycles. The maximum Gasteiger partial charge on any atom is 0.108 e. The Kier molecular flexibility index (Phi) is 1.88. The topological polar surface area (TPSA) is 28.7 Å². The second-order valence-electron chi connectivity index (χ2n) is 2.21. The molecule has 0 bridgehead atoms. The molecular formula is C7H4BrIN2. The van der Waals surface area contributed by atoms with E-state index in [9.17, 15) is 0 Å². The fourth-order valence-electron chi connectivity index (χ4n) is 0.965. The number of nitrogens with zero attached hydrogens (tertiary/aromatic N) is 1. The minimum Gasteiger partial charge on any atom is -0.350 e. The minimum atomic E-state index is 0.864. The van der Waals surface area contributed by atoms with Crippen LogP contribution in [-0.4, -0.2) is 9.97 Å². The van der Waals surface area contributed by atoms with Gasteiger partial charge in [0.1, 0.15) is 4.60 Å². The van der Waals surface area contributed by atoms with Crippen LogP contribution in [0, 0.1) is 3.70 Å². The molecule has 0 aliphatic rings. The van der Waals surface area contributed by atoms with Gasteiger partial charge >= 0.3 is 0 Å². The van der Waals surface area contributed by atoms with Gasteiger partial charge in [-0.2, -0.15) is 0 Å². The van der Waals surface area contributed by atoms with Crippen molar-refractivity contribution in [1.82, 2.24) is 9.97 Å². The number of aromatic nitrogens is 2. The SMILES string of the molecule is Brc1cc2[nH]c(I)cc2cn1. The molecule has 0 aliphatic heterocycles. The van der Waals surface area contributed by atoms with Gasteiger partial charge in [0.2, 0.25) is 0 Å². The van der Waals surface area contributed by atoms with Crippen molar-refractivity contribution in [1.29, 1.82) is 0 Å². The highest BCUT2D eigenvalue weighted by Crippen LogP contribution is 2.18. The number of pyridine rings is 1. The standard InChI is InChI=1S/C7H4BrIN2/c8-6-2-5-4(3-10-6)1-7(9)11-5/h1-3,11H. The number of hydrogen-bond donors (Lipinski definition) is 1. The van der Waals surface area contributed by atoms with E-state index in [0.717, 1.165) is 19.2 Å². The second kappa shape index (κ2) is 2.75. The van der Waals surface area contributed by atoms with Crippen LogP contribution in [0.15, 0.2) is 22.9 Å². The number of rotatable bonds is 0. The van der Waals surface area contributed by atoms with Crippen LogP contribution in [0.2, 0.25) is 0 Å². The fraction of sp³-hybridized carbons (Fsp3) is 0. The predicted octanol–water partition coefficient (Wildman–Crippen LogP) is 2.93. The number of fused-ring (bicyclic) bond motifs is 1. The molecule has 2 rings (SSSR count). The van der Waals surface area contributed by atoms with Crippen molar-refractivity contribution in [3.05, 3.63) is 26.6 Å². The van der Waals surface area contributed by atoms with Crippen LogP contribution >= 0.6 is 38.5 Å². The van der Waals surface area contributed by atoms with Gasteiger partial charge in [0.15, 0.2) is 0 Å². The zero-order valence-electron chi connectivity index (χ0n) is 5.44. The second-order valence-corrected chi connectivity index (χ2v) is 4.19. The molecule has 0 saturated carbocycles. The first kappa shape index (κ1) is 7.54. The summed E-state index contributed by atoms with van der Waals surface area (Å²) >= 11 is 5.55. The zero-order chi connectivity index (χ0) is 7.84. The van der Waals surface area contributed by atoms with E-state index in [1.165, 1.54) is 0 Å². The summed E-state index contributed by atoms with van der Waals surface area (Å²) in [6, 6.07) is 4.03. The van der Waals surface area contributed by atoms with E-state index in [1.54, 1.807) is 0 Å². The van der Waals surface area contributed by atoms with Crippen LogP contribution in [0.25, 0.3) is 10.9 Å². The summed E-state index contributed by atoms with van der Waals surface area (Å²) in [7, 11) is 0. The highest BCUT2D eigenvalue weighted by atomic mass is 127. The molecule has 0 unspecified atom stereocenters. The third-order valence-electron chi connectivity index (χ3n) is 1.44. The van der Waals surface area contributed by atoms with E-state index in [0.29, 0.717) is 0 Å². The largest absolute Gasteiger partial charge is 0.350 e. The Bertz CT molecular complexity index is 396. The van der Waals surface area contributed by atoms with Crippen LogP contribution in [0.4, 0.5) is 0 Å². The molecule has 0 spiro atoms. The van der Waals surface area contributed by atoms with E-state index in [2.05, 4.69) is 54.6 Å². The molecule has 0 aliphatic carbocycles. The lowest BCUT2D eigenvalue weighted by Gasteiger charge is -1.88. The molecule has 2 heterocycles. The van der Waals surface area contributed by atoms with E-state index in [1.807, 2.05) is 12.3 Å². The molecule has 0 amide bonds. The summed E-state index contributed by atoms with van der Waals surface area (Å²) in [5.41, 5.74) is 1.12. The summed E-state index contributed by atoms with van der Waals surface area (Å²) in [6.07, 6.45) is 1.85. The zero-order valence-corrected chi connectivity index (χ0v) is 9.18. The summed E-state index contributed by atoms with van der Waals surface area (Å²) in [4.78, 5) is 7.33. The number of H-pyrrole nitrogens is 1. The van der Waals surface area contributed by atoms with Gasteiger partial charge in [-0.15, -0.1) is 0 Å². The summed E-state index contributed by atoms with van der Waals surface area (Å²) in [6.45, 7) is 0. The van der Waals surface area contributed by atoms with Crippen molar-refractivity contribution in [2.24, 2.45) is 0 Å². The molecule has 1 N–H and O–H groups in total. The molecular weight excluding hydrogens is 319 g/mol. The molecule has 11 heavy (non-hydrogen) atoms. The number of nitrogens with one attached hydrogen (secondary N) is 1. The van der Waals surface area contributed by atoms with Crippen LogP contribution in [0.1, 0.15) is 0 Å². The smallest absolute Gasteiger partial charge is 0.108 e. The Morgan fingerprint density at radius 3 is 3.09 bits per heavy atom. The molecule has 0 fully saturated rings. The van der Waals surface area contributed by atoms with Gasteiger partial charge in [-0.25, -0.2) is 4.98 Å². The lowest BCUT2D eigenvalue weighted by Crippen LogP contribution is -1.73. The van der Waals surface area contributed by atoms with Gasteiger partial charge in [-0.3, -0.25) is 0 Å². The highest BCUT2D eigenvalue weighted by molar-refractivity contribution is 14.1. The Hall–Kier alpha value is -0.100. The minimum absolute atomic E-state index is 0.864. The summed E-state index contributed by atoms with van der Waals surface area (Å²) in [5, 5.41) is 1.15. The van der Waals surface area contributed by atoms with Gasteiger partial charge in [-0.05, 0) is 50.7 Å². The molecule has 56 valence electrons. The number of hydrogen-bond acceptors (Lipinski definition) is 1. The van der Waals surface area contributed by atoms with Crippen molar-refractivity contribution in [3.63, 3.8) is 0 Å². The fourth-order valence-corrected chi connectivity index (χ4v) is 1.92. The average molecular weight is 323 g/mol. The summed E-state index contributed by atoms with van der Waals surface area (Å²) < 4.78 is 2.00. The summed E-state index contributed by atoms with van der Waals surface area (Å²) in [5.74, 6) is 0. The predicted molar refractivity (Wildman–Crippen MR) is 56.5 cm³/mol. The van der Waals surface area contributed by atoms with Crippen molar-refractivity contribution < 1.29 is 0 Å². The van der Waals surface area contributed by atoms with E-state index in [4.69, 9.17) is 0 Å². The Balaban J connectivity index is 2.82. The third-order valence-corrected chi connectivity index (χ3v) is 2.45. The van der Waals surface area contributed by atoms with Crippen LogP contribution in [0.3, 0.4) is 0 Å². The monoisotopic (exact) mass is 322 g/mol. The first-order chi connectivity index (χ1) is 5.25. The first-order valence-corrected chi connectivity index (χ1v) is 4.92. The van der Waals surface area contributed by atoms with Gasteiger partial charge < -0.3 is 4.98 Å². The van der Waals surface area contributed by atoms with Gasteiger partial charge in [0, 0.05) is 11.6 Å². The molecule has 2 nitrogen and oxygen atoms in total. The number of aromatic amines is 1. The normalized spacial score (nSPS) is 10.7. The average Bonchev–Trinajstić information content (AvgIpc) is 2.27. The molecule has 0 atom stereocenters. The van der Waals surface area contributed by atoms with Gasteiger partial charge in [0.05, 0.1) is 9.22 Å². The maximum atomic E-state index is 4.11. The van der Waals surface area contributed by atoms with Crippen molar-refractivity contribution in [2.75, 3.05) is 0 Å². The quantitative estimate of drug-likeness (QED) is 0.586. The van der Waals surface area contributed by atoms with Crippen molar-refractivity contribution >= 4 is 49.4 Å². The highest BCUT2D eigenvalue weighted by Gasteiger charge is 1.98. The van der Waals surface area contributed by atoms with Crippen LogP contribution < -0.4 is 0 Å². The Morgan fingerprint density at radius 1 is 1.45 bits per heavy atom. The van der Waals surface area contributed by atoms with Crippen molar-refractivity contribution in [3.8, 4) is 0 Å². The van der Waals surface area contributed by atoms with Crippen molar-refractivity contribution in [2.45, 2.75) is 0 Å². The lowest BCUT2D eigenvalue weighted by atomic mass is 10.3. The van der Waals surface area contributed by atoms with E-state index >= 15 is 0 Å². The molecule has 0 radical (unpaired) electrons.